The minimum Gasteiger partial charge on any atom is -0.507 e. The number of nitrogens with zero attached hydrogens (tertiary/aromatic N) is 5. The quantitative estimate of drug-likeness (QED) is 0.155. The van der Waals surface area contributed by atoms with Gasteiger partial charge in [-0.25, -0.2) is 4.39 Å². The molecular weight excluding hydrogens is 704 g/mol. The Morgan fingerprint density at radius 2 is 1.71 bits per heavy atom. The number of anilines is 4. The van der Waals surface area contributed by atoms with Crippen LogP contribution in [0.15, 0.2) is 72.8 Å². The van der Waals surface area contributed by atoms with Gasteiger partial charge in [-0.15, -0.1) is 10.2 Å². The molecule has 4 aliphatic heterocycles. The zero-order valence-corrected chi connectivity index (χ0v) is 30.6. The molecular formula is C41H47FN8O5. The number of phenols is 1. The number of piperazine rings is 1. The van der Waals surface area contributed by atoms with Crippen LogP contribution < -0.4 is 30.9 Å². The largest absolute Gasteiger partial charge is 0.507 e. The zero-order chi connectivity index (χ0) is 38.1. The average Bonchev–Trinajstić information content (AvgIpc) is 3.45. The van der Waals surface area contributed by atoms with E-state index in [4.69, 9.17) is 10.5 Å². The number of aromatic nitrogens is 2. The molecule has 0 spiro atoms. The Morgan fingerprint density at radius 3 is 2.44 bits per heavy atom. The first-order valence-electron chi connectivity index (χ1n) is 19.2. The van der Waals surface area contributed by atoms with Gasteiger partial charge in [-0.05, 0) is 67.6 Å². The van der Waals surface area contributed by atoms with Crippen LogP contribution in [-0.4, -0.2) is 93.8 Å². The Labute approximate surface area is 319 Å². The molecule has 2 amide bonds. The van der Waals surface area contributed by atoms with Gasteiger partial charge in [-0.3, -0.25) is 9.59 Å². The highest BCUT2D eigenvalue weighted by atomic mass is 19.1. The normalized spacial score (nSPS) is 22.7. The number of amides is 2. The number of carbonyl (C=O) groups excluding carboxylic acids is 2. The number of phenolic OH excluding ortho intramolecular Hbond substituents is 1. The Balaban J connectivity index is 0.832. The van der Waals surface area contributed by atoms with Crippen molar-refractivity contribution < 1.29 is 28.9 Å². The number of benzene rings is 3. The number of nitrogens with one attached hydrogen (secondary N) is 2. The number of aliphatic hydroxyl groups is 1. The molecule has 4 fully saturated rings. The van der Waals surface area contributed by atoms with Gasteiger partial charge in [-0.1, -0.05) is 24.3 Å². The lowest BCUT2D eigenvalue weighted by molar-refractivity contribution is -0.133. The van der Waals surface area contributed by atoms with Gasteiger partial charge in [0, 0.05) is 93.0 Å². The van der Waals surface area contributed by atoms with Crippen molar-refractivity contribution in [2.24, 2.45) is 0 Å². The van der Waals surface area contributed by atoms with Crippen molar-refractivity contribution in [3.05, 3.63) is 84.2 Å². The Kier molecular flexibility index (Phi) is 10.3. The fraction of sp³-hybridized carbons (Fsp3) is 0.415. The fourth-order valence-corrected chi connectivity index (χ4v) is 8.49. The van der Waals surface area contributed by atoms with Crippen molar-refractivity contribution >= 4 is 34.7 Å². The Hall–Kier alpha value is -5.63. The standard InChI is InChI=1S/C41H47FN8O5/c42-26-19-30(50-28-10-11-29(50)24-49(23-28)36-22-35(46-47-40(36)43)33-3-1-2-4-37(33)51)21-32(20-26)55-31-15-17-48(18-16-31)39(53)14-7-25-5-8-27(9-6-25)44-34-12-13-38(52)45-41(34)54/h1-6,8-9,19-22,28-29,31,34,41,44,51,54H,7,10-18,23-24H2,(H2,43,47)(H,45,52)/t28-,29+,34?,41?. The number of nitrogens with two attached hydrogens (primary N) is 1. The molecule has 4 atom stereocenters. The van der Waals surface area contributed by atoms with Crippen molar-refractivity contribution in [3.8, 4) is 22.8 Å². The highest BCUT2D eigenvalue weighted by Gasteiger charge is 2.41. The molecule has 288 valence electrons. The summed E-state index contributed by atoms with van der Waals surface area (Å²) >= 11 is 0. The summed E-state index contributed by atoms with van der Waals surface area (Å²) in [4.78, 5) is 31.0. The lowest BCUT2D eigenvalue weighted by Crippen LogP contribution is -2.54. The number of aromatic hydroxyl groups is 1. The number of likely N-dealkylation sites (tertiary alicyclic amines) is 1. The molecule has 4 saturated heterocycles. The Bertz CT molecular complexity index is 2010. The summed E-state index contributed by atoms with van der Waals surface area (Å²) in [5, 5.41) is 34.8. The van der Waals surface area contributed by atoms with E-state index in [1.54, 1.807) is 24.3 Å². The van der Waals surface area contributed by atoms with Gasteiger partial charge in [0.25, 0.3) is 0 Å². The maximum absolute atomic E-state index is 15.1. The second-order valence-electron chi connectivity index (χ2n) is 15.1. The van der Waals surface area contributed by atoms with Crippen LogP contribution in [0.5, 0.6) is 11.5 Å². The number of para-hydroxylation sites is 1. The summed E-state index contributed by atoms with van der Waals surface area (Å²) in [5.41, 5.74) is 10.9. The monoisotopic (exact) mass is 750 g/mol. The molecule has 5 heterocycles. The third kappa shape index (κ3) is 8.09. The molecule has 0 radical (unpaired) electrons. The fourth-order valence-electron chi connectivity index (χ4n) is 8.49. The smallest absolute Gasteiger partial charge is 0.222 e. The van der Waals surface area contributed by atoms with Gasteiger partial charge in [-0.2, -0.15) is 0 Å². The van der Waals surface area contributed by atoms with Gasteiger partial charge in [0.15, 0.2) is 5.82 Å². The van der Waals surface area contributed by atoms with Gasteiger partial charge >= 0.3 is 0 Å². The number of hydrogen-bond donors (Lipinski definition) is 5. The van der Waals surface area contributed by atoms with Crippen LogP contribution in [0.1, 0.15) is 50.5 Å². The molecule has 0 aliphatic carbocycles. The van der Waals surface area contributed by atoms with Gasteiger partial charge in [0.1, 0.15) is 29.6 Å². The predicted molar refractivity (Wildman–Crippen MR) is 207 cm³/mol. The highest BCUT2D eigenvalue weighted by Crippen LogP contribution is 2.40. The number of piperidine rings is 2. The van der Waals surface area contributed by atoms with E-state index in [-0.39, 0.29) is 47.6 Å². The summed E-state index contributed by atoms with van der Waals surface area (Å²) in [6, 6.07) is 21.7. The van der Waals surface area contributed by atoms with Crippen LogP contribution in [0.2, 0.25) is 0 Å². The van der Waals surface area contributed by atoms with Crippen LogP contribution in [0.25, 0.3) is 11.3 Å². The van der Waals surface area contributed by atoms with Crippen molar-refractivity contribution in [2.75, 3.05) is 47.0 Å². The van der Waals surface area contributed by atoms with Crippen molar-refractivity contribution in [2.45, 2.75) is 81.8 Å². The van der Waals surface area contributed by atoms with Crippen LogP contribution in [0, 0.1) is 5.82 Å². The molecule has 4 aromatic rings. The maximum atomic E-state index is 15.1. The highest BCUT2D eigenvalue weighted by molar-refractivity contribution is 5.78. The van der Waals surface area contributed by atoms with E-state index < -0.39 is 6.23 Å². The molecule has 6 N–H and O–H groups in total. The van der Waals surface area contributed by atoms with E-state index in [9.17, 15) is 19.8 Å². The first-order chi connectivity index (χ1) is 26.7. The molecule has 13 nitrogen and oxygen atoms in total. The van der Waals surface area contributed by atoms with E-state index in [1.807, 2.05) is 47.4 Å². The first kappa shape index (κ1) is 36.4. The number of nitrogen functional groups attached to an aromatic ring is 1. The number of aliphatic hydroxyl groups excluding tert-OH is 1. The number of rotatable bonds is 10. The van der Waals surface area contributed by atoms with Crippen LogP contribution in [0.4, 0.5) is 27.3 Å². The summed E-state index contributed by atoms with van der Waals surface area (Å²) < 4.78 is 21.5. The molecule has 1 aromatic heterocycles. The van der Waals surface area contributed by atoms with Crippen molar-refractivity contribution in [3.63, 3.8) is 0 Å². The average molecular weight is 751 g/mol. The van der Waals surface area contributed by atoms with E-state index >= 15 is 4.39 Å². The van der Waals surface area contributed by atoms with Gasteiger partial charge in [0.2, 0.25) is 11.8 Å². The number of carbonyl (C=O) groups is 2. The van der Waals surface area contributed by atoms with Crippen LogP contribution in [-0.2, 0) is 16.0 Å². The van der Waals surface area contributed by atoms with Gasteiger partial charge in [0.05, 0.1) is 17.4 Å². The molecule has 8 rings (SSSR count). The third-order valence-electron chi connectivity index (χ3n) is 11.4. The number of aryl methyl sites for hydroxylation is 1. The topological polar surface area (TPSA) is 169 Å². The van der Waals surface area contributed by atoms with E-state index in [2.05, 4.69) is 30.6 Å². The molecule has 2 bridgehead atoms. The zero-order valence-electron chi connectivity index (χ0n) is 30.6. The minimum absolute atomic E-state index is 0.100. The van der Waals surface area contributed by atoms with E-state index in [0.717, 1.165) is 35.5 Å². The summed E-state index contributed by atoms with van der Waals surface area (Å²) in [6.07, 6.45) is 4.15. The third-order valence-corrected chi connectivity index (χ3v) is 11.4. The summed E-state index contributed by atoms with van der Waals surface area (Å²) in [6.45, 7) is 2.53. The lowest BCUT2D eigenvalue weighted by Gasteiger charge is -2.43. The Morgan fingerprint density at radius 1 is 0.964 bits per heavy atom. The number of ether oxygens (including phenoxy) is 1. The molecule has 2 unspecified atom stereocenters. The lowest BCUT2D eigenvalue weighted by atomic mass is 10.0. The van der Waals surface area contributed by atoms with Crippen LogP contribution >= 0.6 is 0 Å². The second kappa shape index (κ2) is 15.6. The van der Waals surface area contributed by atoms with Crippen molar-refractivity contribution in [1.29, 1.82) is 0 Å². The predicted octanol–water partition coefficient (Wildman–Crippen LogP) is 4.44. The SMILES string of the molecule is Nc1nnc(-c2ccccc2O)cc1N1C[C@H]2CC[C@@H](C1)N2c1cc(F)cc(OC2CCN(C(=O)CCc3ccc(NC4CCC(=O)NC4O)cc3)CC2)c1. The summed E-state index contributed by atoms with van der Waals surface area (Å²) in [7, 11) is 0. The second-order valence-corrected chi connectivity index (χ2v) is 15.1. The minimum atomic E-state index is -0.923. The summed E-state index contributed by atoms with van der Waals surface area (Å²) in [5.74, 6) is 0.561. The maximum Gasteiger partial charge on any atom is 0.222 e. The molecule has 4 aliphatic rings. The molecule has 3 aromatic carbocycles. The first-order valence-corrected chi connectivity index (χ1v) is 19.2. The molecule has 0 saturated carbocycles. The molecule has 14 heteroatoms. The van der Waals surface area contributed by atoms with E-state index in [0.29, 0.717) is 87.5 Å². The number of hydrogen-bond acceptors (Lipinski definition) is 11. The van der Waals surface area contributed by atoms with Gasteiger partial charge < -0.3 is 46.0 Å². The van der Waals surface area contributed by atoms with Crippen LogP contribution in [0.3, 0.4) is 0 Å². The number of halogens is 1. The molecule has 55 heavy (non-hydrogen) atoms. The number of fused-ring (bicyclic) bond motifs is 2. The van der Waals surface area contributed by atoms with E-state index in [1.165, 1.54) is 6.07 Å². The van der Waals surface area contributed by atoms with Crippen molar-refractivity contribution in [1.82, 2.24) is 20.4 Å².